The van der Waals surface area contributed by atoms with Crippen molar-refractivity contribution in [1.29, 1.82) is 0 Å². The minimum Gasteiger partial charge on any atom is -0.328 e. The summed E-state index contributed by atoms with van der Waals surface area (Å²) in [6.07, 6.45) is 1.49. The maximum atomic E-state index is 13.0. The van der Waals surface area contributed by atoms with Crippen molar-refractivity contribution in [2.75, 3.05) is 37.6 Å². The lowest BCUT2D eigenvalue weighted by Gasteiger charge is -2.32. The average molecular weight is 378 g/mol. The van der Waals surface area contributed by atoms with E-state index in [1.54, 1.807) is 4.90 Å². The molecule has 1 N–H and O–H groups in total. The quantitative estimate of drug-likeness (QED) is 0.880. The van der Waals surface area contributed by atoms with E-state index in [1.807, 2.05) is 29.2 Å². The smallest absolute Gasteiger partial charge is 0.254 e. The molecule has 0 aliphatic carbocycles. The van der Waals surface area contributed by atoms with Crippen LogP contribution >= 0.6 is 0 Å². The largest absolute Gasteiger partial charge is 0.328 e. The Morgan fingerprint density at radius 3 is 2.54 bits per heavy atom. The number of nitrogens with zero attached hydrogens (tertiary/aromatic N) is 2. The predicted molar refractivity (Wildman–Crippen MR) is 110 cm³/mol. The van der Waals surface area contributed by atoms with Crippen molar-refractivity contribution in [3.05, 3.63) is 65.2 Å². The molecule has 5 heteroatoms. The maximum absolute atomic E-state index is 13.0. The molecule has 0 unspecified atom stereocenters. The minimum atomic E-state index is 0.0723. The molecule has 2 fully saturated rings. The Labute approximate surface area is 166 Å². The number of rotatable bonds is 4. The van der Waals surface area contributed by atoms with E-state index >= 15 is 0 Å². The van der Waals surface area contributed by atoms with Crippen LogP contribution in [0.5, 0.6) is 0 Å². The first-order valence-corrected chi connectivity index (χ1v) is 10.2. The summed E-state index contributed by atoms with van der Waals surface area (Å²) in [7, 11) is 0. The van der Waals surface area contributed by atoms with Gasteiger partial charge in [-0.1, -0.05) is 35.9 Å². The average Bonchev–Trinajstić information content (AvgIpc) is 3.14. The summed E-state index contributed by atoms with van der Waals surface area (Å²) in [5, 5.41) is 0. The molecule has 2 aliphatic rings. The molecule has 2 amide bonds. The van der Waals surface area contributed by atoms with Gasteiger partial charge >= 0.3 is 0 Å². The van der Waals surface area contributed by atoms with Crippen LogP contribution in [0.1, 0.15) is 34.3 Å². The zero-order valence-electron chi connectivity index (χ0n) is 16.5. The number of piperazine rings is 1. The standard InChI is InChI=1S/C23H27N3O2/c1-18-5-2-6-19(15-18)17-24-11-13-25(14-12-24)23(28)20-7-3-8-21(16-20)26-10-4-9-22(26)27/h2-3,5-8,15-16H,4,9-14,17H2,1H3/p+1. The van der Waals surface area contributed by atoms with Gasteiger partial charge in [-0.2, -0.15) is 0 Å². The highest BCUT2D eigenvalue weighted by molar-refractivity contribution is 5.99. The molecule has 2 aliphatic heterocycles. The normalized spacial score (nSPS) is 18.0. The van der Waals surface area contributed by atoms with Crippen LogP contribution in [-0.2, 0) is 11.3 Å². The number of anilines is 1. The first kappa shape index (κ1) is 18.7. The number of nitrogens with one attached hydrogen (secondary N) is 1. The second-order valence-corrected chi connectivity index (χ2v) is 7.91. The molecule has 0 saturated carbocycles. The molecule has 0 aromatic heterocycles. The van der Waals surface area contributed by atoms with Gasteiger partial charge in [-0.15, -0.1) is 0 Å². The van der Waals surface area contributed by atoms with Crippen molar-refractivity contribution in [2.45, 2.75) is 26.3 Å². The van der Waals surface area contributed by atoms with Crippen LogP contribution in [0.15, 0.2) is 48.5 Å². The Kier molecular flexibility index (Phi) is 5.44. The SMILES string of the molecule is Cc1cccc(C[NH+]2CCN(C(=O)c3cccc(N4CCCC4=O)c3)CC2)c1. The van der Waals surface area contributed by atoms with Gasteiger partial charge in [0.2, 0.25) is 5.91 Å². The van der Waals surface area contributed by atoms with Crippen molar-refractivity contribution in [2.24, 2.45) is 0 Å². The monoisotopic (exact) mass is 378 g/mol. The predicted octanol–water partition coefficient (Wildman–Crippen LogP) is 1.66. The molecular weight excluding hydrogens is 350 g/mol. The van der Waals surface area contributed by atoms with Crippen LogP contribution < -0.4 is 9.80 Å². The van der Waals surface area contributed by atoms with Gasteiger partial charge in [0, 0.05) is 29.8 Å². The van der Waals surface area contributed by atoms with E-state index in [1.165, 1.54) is 16.0 Å². The molecule has 0 spiro atoms. The molecule has 2 heterocycles. The van der Waals surface area contributed by atoms with E-state index in [-0.39, 0.29) is 11.8 Å². The highest BCUT2D eigenvalue weighted by atomic mass is 16.2. The van der Waals surface area contributed by atoms with Crippen molar-refractivity contribution in [3.63, 3.8) is 0 Å². The maximum Gasteiger partial charge on any atom is 0.254 e. The van der Waals surface area contributed by atoms with Crippen LogP contribution in [0.4, 0.5) is 5.69 Å². The first-order valence-electron chi connectivity index (χ1n) is 10.2. The Morgan fingerprint density at radius 1 is 1.04 bits per heavy atom. The second-order valence-electron chi connectivity index (χ2n) is 7.91. The van der Waals surface area contributed by atoms with Crippen LogP contribution in [-0.4, -0.2) is 49.4 Å². The molecule has 5 nitrogen and oxygen atoms in total. The van der Waals surface area contributed by atoms with Gasteiger partial charge in [0.15, 0.2) is 0 Å². The first-order chi connectivity index (χ1) is 13.6. The molecule has 146 valence electrons. The molecular formula is C23H28N3O2+. The number of hydrogen-bond acceptors (Lipinski definition) is 2. The number of hydrogen-bond donors (Lipinski definition) is 1. The van der Waals surface area contributed by atoms with Gasteiger partial charge in [-0.3, -0.25) is 9.59 Å². The number of quaternary nitrogens is 1. The molecule has 0 bridgehead atoms. The summed E-state index contributed by atoms with van der Waals surface area (Å²) in [5.41, 5.74) is 4.18. The van der Waals surface area contributed by atoms with Crippen molar-refractivity contribution in [1.82, 2.24) is 4.90 Å². The Hall–Kier alpha value is -2.66. The highest BCUT2D eigenvalue weighted by Gasteiger charge is 2.26. The lowest BCUT2D eigenvalue weighted by molar-refractivity contribution is -0.917. The van der Waals surface area contributed by atoms with Crippen molar-refractivity contribution >= 4 is 17.5 Å². The van der Waals surface area contributed by atoms with E-state index in [9.17, 15) is 9.59 Å². The van der Waals surface area contributed by atoms with Crippen LogP contribution in [0.3, 0.4) is 0 Å². The molecule has 0 atom stereocenters. The third-order valence-electron chi connectivity index (χ3n) is 5.77. The summed E-state index contributed by atoms with van der Waals surface area (Å²) in [6, 6.07) is 16.2. The second kappa shape index (κ2) is 8.15. The summed E-state index contributed by atoms with van der Waals surface area (Å²) in [4.78, 5) is 30.2. The summed E-state index contributed by atoms with van der Waals surface area (Å²) in [6.45, 7) is 7.35. The molecule has 2 aromatic carbocycles. The number of carbonyl (C=O) groups excluding carboxylic acids is 2. The van der Waals surface area contributed by atoms with Crippen LogP contribution in [0.2, 0.25) is 0 Å². The number of carbonyl (C=O) groups is 2. The van der Waals surface area contributed by atoms with Crippen LogP contribution in [0.25, 0.3) is 0 Å². The van der Waals surface area contributed by atoms with Gasteiger partial charge < -0.3 is 14.7 Å². The van der Waals surface area contributed by atoms with E-state index in [4.69, 9.17) is 0 Å². The van der Waals surface area contributed by atoms with Crippen molar-refractivity contribution < 1.29 is 14.5 Å². The van der Waals surface area contributed by atoms with Gasteiger partial charge in [0.25, 0.3) is 5.91 Å². The molecule has 28 heavy (non-hydrogen) atoms. The molecule has 0 radical (unpaired) electrons. The van der Waals surface area contributed by atoms with Crippen LogP contribution in [0, 0.1) is 6.92 Å². The van der Waals surface area contributed by atoms with Gasteiger partial charge in [-0.05, 0) is 31.5 Å². The summed E-state index contributed by atoms with van der Waals surface area (Å²) < 4.78 is 0. The fourth-order valence-corrected chi connectivity index (χ4v) is 4.22. The molecule has 2 saturated heterocycles. The number of amides is 2. The molecule has 4 rings (SSSR count). The summed E-state index contributed by atoms with van der Waals surface area (Å²) >= 11 is 0. The lowest BCUT2D eigenvalue weighted by atomic mass is 10.1. The zero-order valence-corrected chi connectivity index (χ0v) is 16.5. The number of benzene rings is 2. The third kappa shape index (κ3) is 4.09. The third-order valence-corrected chi connectivity index (χ3v) is 5.77. The van der Waals surface area contributed by atoms with Gasteiger partial charge in [-0.25, -0.2) is 0 Å². The van der Waals surface area contributed by atoms with Crippen molar-refractivity contribution in [3.8, 4) is 0 Å². The lowest BCUT2D eigenvalue weighted by Crippen LogP contribution is -3.13. The number of aryl methyl sites for hydroxylation is 1. The van der Waals surface area contributed by atoms with E-state index in [0.717, 1.165) is 51.4 Å². The molecule has 2 aromatic rings. The van der Waals surface area contributed by atoms with Gasteiger partial charge in [0.1, 0.15) is 6.54 Å². The fraction of sp³-hybridized carbons (Fsp3) is 0.391. The highest BCUT2D eigenvalue weighted by Crippen LogP contribution is 2.22. The minimum absolute atomic E-state index is 0.0723. The summed E-state index contributed by atoms with van der Waals surface area (Å²) in [5.74, 6) is 0.223. The zero-order chi connectivity index (χ0) is 19.5. The Morgan fingerprint density at radius 2 is 1.82 bits per heavy atom. The van der Waals surface area contributed by atoms with E-state index < -0.39 is 0 Å². The topological polar surface area (TPSA) is 45.1 Å². The Bertz CT molecular complexity index is 872. The van der Waals surface area contributed by atoms with Gasteiger partial charge in [0.05, 0.1) is 26.2 Å². The van der Waals surface area contributed by atoms with E-state index in [2.05, 4.69) is 31.2 Å². The van der Waals surface area contributed by atoms with E-state index in [0.29, 0.717) is 12.0 Å². The fourth-order valence-electron chi connectivity index (χ4n) is 4.22. The Balaban J connectivity index is 1.37.